The molecule has 0 saturated heterocycles. The largest absolute Gasteiger partial charge is 0.492 e. The molecule has 3 aromatic rings. The number of benzene rings is 2. The van der Waals surface area contributed by atoms with Crippen molar-refractivity contribution in [3.05, 3.63) is 60.7 Å². The average molecular weight is 413 g/mol. The molecule has 1 N–H and O–H groups in total. The van der Waals surface area contributed by atoms with Gasteiger partial charge < -0.3 is 14.8 Å². The third kappa shape index (κ3) is 6.33. The molecule has 152 valence electrons. The number of ether oxygens (including phenoxy) is 2. The molecule has 0 saturated carbocycles. The van der Waals surface area contributed by atoms with E-state index in [0.29, 0.717) is 31.5 Å². The van der Waals surface area contributed by atoms with Crippen LogP contribution >= 0.6 is 11.8 Å². The zero-order valence-corrected chi connectivity index (χ0v) is 17.1. The third-order valence-corrected chi connectivity index (χ3v) is 5.00. The molecular formula is C21H24N4O3S. The molecule has 1 heterocycles. The van der Waals surface area contributed by atoms with Crippen LogP contribution in [0.15, 0.2) is 65.8 Å². The van der Waals surface area contributed by atoms with Gasteiger partial charge in [-0.1, -0.05) is 60.3 Å². The first-order valence-electron chi connectivity index (χ1n) is 9.33. The first-order valence-corrected chi connectivity index (χ1v) is 10.3. The number of nitrogens with one attached hydrogen (secondary N) is 1. The number of nitrogens with zero attached hydrogens (tertiary/aromatic N) is 3. The van der Waals surface area contributed by atoms with Crippen molar-refractivity contribution in [1.29, 1.82) is 0 Å². The lowest BCUT2D eigenvalue weighted by atomic mass is 10.2. The summed E-state index contributed by atoms with van der Waals surface area (Å²) in [5.74, 6) is 1.73. The van der Waals surface area contributed by atoms with Gasteiger partial charge in [0.2, 0.25) is 5.91 Å². The molecule has 0 fully saturated rings. The van der Waals surface area contributed by atoms with E-state index in [2.05, 4.69) is 15.5 Å². The van der Waals surface area contributed by atoms with Crippen molar-refractivity contribution >= 4 is 17.7 Å². The second kappa shape index (κ2) is 11.2. The Morgan fingerprint density at radius 2 is 1.76 bits per heavy atom. The SMILES string of the molecule is COCCn1c(SCC(=O)NCCOc2ccccc2)nnc1-c1ccccc1. The zero-order valence-electron chi connectivity index (χ0n) is 16.3. The van der Waals surface area contributed by atoms with Crippen molar-refractivity contribution in [3.63, 3.8) is 0 Å². The molecule has 8 heteroatoms. The van der Waals surface area contributed by atoms with Gasteiger partial charge in [-0.05, 0) is 12.1 Å². The minimum Gasteiger partial charge on any atom is -0.492 e. The molecule has 1 amide bonds. The van der Waals surface area contributed by atoms with Crippen LogP contribution in [0.5, 0.6) is 5.75 Å². The Labute approximate surface area is 174 Å². The van der Waals surface area contributed by atoms with Gasteiger partial charge >= 0.3 is 0 Å². The van der Waals surface area contributed by atoms with E-state index >= 15 is 0 Å². The summed E-state index contributed by atoms with van der Waals surface area (Å²) in [6, 6.07) is 19.4. The van der Waals surface area contributed by atoms with Crippen LogP contribution in [0, 0.1) is 0 Å². The molecule has 0 unspecified atom stereocenters. The zero-order chi connectivity index (χ0) is 20.3. The Balaban J connectivity index is 1.51. The Morgan fingerprint density at radius 1 is 1.03 bits per heavy atom. The van der Waals surface area contributed by atoms with Crippen molar-refractivity contribution in [2.45, 2.75) is 11.7 Å². The highest BCUT2D eigenvalue weighted by molar-refractivity contribution is 7.99. The molecule has 0 aliphatic carbocycles. The van der Waals surface area contributed by atoms with E-state index in [1.54, 1.807) is 7.11 Å². The summed E-state index contributed by atoms with van der Waals surface area (Å²) in [7, 11) is 1.66. The van der Waals surface area contributed by atoms with Crippen LogP contribution in [0.2, 0.25) is 0 Å². The molecule has 0 radical (unpaired) electrons. The molecule has 0 aliphatic rings. The fourth-order valence-corrected chi connectivity index (χ4v) is 3.43. The maximum atomic E-state index is 12.2. The maximum absolute atomic E-state index is 12.2. The molecule has 7 nitrogen and oxygen atoms in total. The smallest absolute Gasteiger partial charge is 0.230 e. The Kier molecular flexibility index (Phi) is 8.09. The van der Waals surface area contributed by atoms with Crippen LogP contribution in [0.1, 0.15) is 0 Å². The van der Waals surface area contributed by atoms with Crippen LogP contribution < -0.4 is 10.1 Å². The van der Waals surface area contributed by atoms with E-state index in [1.165, 1.54) is 11.8 Å². The number of amides is 1. The van der Waals surface area contributed by atoms with Gasteiger partial charge in [-0.3, -0.25) is 9.36 Å². The maximum Gasteiger partial charge on any atom is 0.230 e. The fourth-order valence-electron chi connectivity index (χ4n) is 2.64. The van der Waals surface area contributed by atoms with Gasteiger partial charge in [0, 0.05) is 12.7 Å². The topological polar surface area (TPSA) is 78.3 Å². The van der Waals surface area contributed by atoms with Gasteiger partial charge in [0.1, 0.15) is 12.4 Å². The number of rotatable bonds is 11. The molecule has 0 atom stereocenters. The van der Waals surface area contributed by atoms with Crippen molar-refractivity contribution in [2.24, 2.45) is 0 Å². The van der Waals surface area contributed by atoms with Crippen LogP contribution in [0.25, 0.3) is 11.4 Å². The molecule has 29 heavy (non-hydrogen) atoms. The monoisotopic (exact) mass is 412 g/mol. The summed E-state index contributed by atoms with van der Waals surface area (Å²) in [5, 5.41) is 12.1. The molecule has 0 spiro atoms. The van der Waals surface area contributed by atoms with Gasteiger partial charge in [0.25, 0.3) is 0 Å². The molecule has 0 aliphatic heterocycles. The Hall–Kier alpha value is -2.84. The molecule has 1 aromatic heterocycles. The van der Waals surface area contributed by atoms with E-state index in [1.807, 2.05) is 65.2 Å². The van der Waals surface area contributed by atoms with Crippen LogP contribution in [-0.4, -0.2) is 53.3 Å². The van der Waals surface area contributed by atoms with E-state index in [-0.39, 0.29) is 11.7 Å². The van der Waals surface area contributed by atoms with Crippen LogP contribution in [0.3, 0.4) is 0 Å². The number of hydrogen-bond acceptors (Lipinski definition) is 6. The molecule has 0 bridgehead atoms. The standard InChI is InChI=1S/C21H24N4O3S/c1-27-15-13-25-20(17-8-4-2-5-9-17)23-24-21(25)29-16-19(26)22-12-14-28-18-10-6-3-7-11-18/h2-11H,12-16H2,1H3,(H,22,26). The lowest BCUT2D eigenvalue weighted by molar-refractivity contribution is -0.118. The van der Waals surface area contributed by atoms with Gasteiger partial charge in [-0.25, -0.2) is 0 Å². The van der Waals surface area contributed by atoms with Crippen molar-refractivity contribution in [2.75, 3.05) is 32.6 Å². The minimum atomic E-state index is -0.0748. The second-order valence-electron chi connectivity index (χ2n) is 6.12. The number of methoxy groups -OCH3 is 1. The molecule has 3 rings (SSSR count). The lowest BCUT2D eigenvalue weighted by Crippen LogP contribution is -2.29. The number of carbonyl (C=O) groups is 1. The van der Waals surface area contributed by atoms with E-state index < -0.39 is 0 Å². The highest BCUT2D eigenvalue weighted by Crippen LogP contribution is 2.23. The predicted octanol–water partition coefficient (Wildman–Crippen LogP) is 2.88. The second-order valence-corrected chi connectivity index (χ2v) is 7.06. The van der Waals surface area contributed by atoms with Crippen molar-refractivity contribution in [1.82, 2.24) is 20.1 Å². The number of para-hydroxylation sites is 1. The lowest BCUT2D eigenvalue weighted by Gasteiger charge is -2.10. The quantitative estimate of drug-likeness (QED) is 0.385. The van der Waals surface area contributed by atoms with Crippen LogP contribution in [-0.2, 0) is 16.1 Å². The summed E-state index contributed by atoms with van der Waals surface area (Å²) in [6.07, 6.45) is 0. The van der Waals surface area contributed by atoms with Gasteiger partial charge in [-0.15, -0.1) is 10.2 Å². The Morgan fingerprint density at radius 3 is 2.48 bits per heavy atom. The number of hydrogen-bond donors (Lipinski definition) is 1. The minimum absolute atomic E-state index is 0.0748. The highest BCUT2D eigenvalue weighted by Gasteiger charge is 2.15. The summed E-state index contributed by atoms with van der Waals surface area (Å²) in [6.45, 7) is 2.01. The van der Waals surface area contributed by atoms with Crippen LogP contribution in [0.4, 0.5) is 0 Å². The normalized spacial score (nSPS) is 10.7. The summed E-state index contributed by atoms with van der Waals surface area (Å²) in [5.41, 5.74) is 0.977. The first-order chi connectivity index (χ1) is 14.3. The summed E-state index contributed by atoms with van der Waals surface area (Å²) < 4.78 is 12.8. The van der Waals surface area contributed by atoms with E-state index in [0.717, 1.165) is 17.1 Å². The van der Waals surface area contributed by atoms with Crippen molar-refractivity contribution in [3.8, 4) is 17.1 Å². The van der Waals surface area contributed by atoms with Gasteiger partial charge in [0.15, 0.2) is 11.0 Å². The molecular weight excluding hydrogens is 388 g/mol. The highest BCUT2D eigenvalue weighted by atomic mass is 32.2. The predicted molar refractivity (Wildman–Crippen MR) is 113 cm³/mol. The summed E-state index contributed by atoms with van der Waals surface area (Å²) >= 11 is 1.36. The van der Waals surface area contributed by atoms with Crippen molar-refractivity contribution < 1.29 is 14.3 Å². The number of carbonyl (C=O) groups excluding carboxylic acids is 1. The summed E-state index contributed by atoms with van der Waals surface area (Å²) in [4.78, 5) is 12.2. The third-order valence-electron chi connectivity index (χ3n) is 4.04. The number of thioether (sulfide) groups is 1. The van der Waals surface area contributed by atoms with Gasteiger partial charge in [0.05, 0.1) is 25.4 Å². The first kappa shape index (κ1) is 20.9. The Bertz CT molecular complexity index is 887. The fraction of sp³-hybridized carbons (Fsp3) is 0.286. The average Bonchev–Trinajstić information content (AvgIpc) is 3.18. The molecule has 2 aromatic carbocycles. The van der Waals surface area contributed by atoms with E-state index in [4.69, 9.17) is 9.47 Å². The van der Waals surface area contributed by atoms with E-state index in [9.17, 15) is 4.79 Å². The van der Waals surface area contributed by atoms with Gasteiger partial charge in [-0.2, -0.15) is 0 Å². The number of aromatic nitrogens is 3.